The van der Waals surface area contributed by atoms with Gasteiger partial charge in [-0.25, -0.2) is 20.5 Å². The zero-order valence-electron chi connectivity index (χ0n) is 60.1. The highest BCUT2D eigenvalue weighted by atomic mass is 32.2. The van der Waals surface area contributed by atoms with Crippen molar-refractivity contribution in [3.05, 3.63) is 53.1 Å². The molecule has 0 spiro atoms. The van der Waals surface area contributed by atoms with E-state index in [-0.39, 0.29) is 95.8 Å². The molecule has 2 fully saturated rings. The Bertz CT molecular complexity index is 3880. The minimum Gasteiger partial charge on any atom is -0.479 e. The highest BCUT2D eigenvalue weighted by molar-refractivity contribution is 7.86. The summed E-state index contributed by atoms with van der Waals surface area (Å²) in [7, 11) is -1.06. The summed E-state index contributed by atoms with van der Waals surface area (Å²) >= 11 is 0. The van der Waals surface area contributed by atoms with Crippen molar-refractivity contribution in [1.82, 2.24) is 52.0 Å². The predicted octanol–water partition coefficient (Wildman–Crippen LogP) is -5.11. The van der Waals surface area contributed by atoms with Crippen LogP contribution in [0.1, 0.15) is 107 Å². The van der Waals surface area contributed by atoms with Crippen molar-refractivity contribution in [3.8, 4) is 11.5 Å². The minimum atomic E-state index is -2.53. The second-order valence-corrected chi connectivity index (χ2v) is 28.7. The van der Waals surface area contributed by atoms with Gasteiger partial charge >= 0.3 is 12.1 Å². The van der Waals surface area contributed by atoms with Crippen molar-refractivity contribution in [2.24, 2.45) is 28.5 Å². The molecule has 0 aliphatic carbocycles. The van der Waals surface area contributed by atoms with Gasteiger partial charge in [-0.3, -0.25) is 52.2 Å². The minimum absolute atomic E-state index is 0.0205. The molecular formula is C68H95N13O26S. The smallest absolute Gasteiger partial charge is 0.409 e. The number of benzene rings is 2. The summed E-state index contributed by atoms with van der Waals surface area (Å²) in [6, 6.07) is -0.211. The summed E-state index contributed by atoms with van der Waals surface area (Å²) in [5.74, 6) is -10.7. The van der Waals surface area contributed by atoms with Crippen LogP contribution in [0.25, 0.3) is 10.9 Å². The van der Waals surface area contributed by atoms with Crippen LogP contribution < -0.4 is 58.3 Å². The molecule has 9 rings (SSSR count). The van der Waals surface area contributed by atoms with Crippen molar-refractivity contribution in [2.75, 3.05) is 65.3 Å². The van der Waals surface area contributed by atoms with Crippen LogP contribution >= 0.6 is 0 Å². The van der Waals surface area contributed by atoms with E-state index >= 15 is 9.00 Å². The molecular weight excluding hydrogens is 1450 g/mol. The number of nitrogens with zero attached hydrogens (tertiary/aromatic N) is 3. The van der Waals surface area contributed by atoms with Crippen LogP contribution in [-0.4, -0.2) is 282 Å². The number of carboxylic acids is 1. The first-order valence-electron chi connectivity index (χ1n) is 35.3. The van der Waals surface area contributed by atoms with E-state index in [2.05, 4.69) is 52.0 Å². The van der Waals surface area contributed by atoms with Gasteiger partial charge in [-0.05, 0) is 73.9 Å². The van der Waals surface area contributed by atoms with Crippen molar-refractivity contribution >= 4 is 98.5 Å². The van der Waals surface area contributed by atoms with Gasteiger partial charge in [-0.2, -0.15) is 0 Å². The number of amides is 11. The van der Waals surface area contributed by atoms with Crippen LogP contribution in [0.2, 0.25) is 0 Å². The Morgan fingerprint density at radius 1 is 0.889 bits per heavy atom. The van der Waals surface area contributed by atoms with E-state index < -0.39 is 236 Å². The number of aliphatic imine (C=N–C) groups is 1. The van der Waals surface area contributed by atoms with Gasteiger partial charge in [0.15, 0.2) is 6.10 Å². The lowest BCUT2D eigenvalue weighted by molar-refractivity contribution is -0.271. The molecule has 1 aromatic heterocycles. The third-order valence-corrected chi connectivity index (χ3v) is 20.8. The molecule has 39 nitrogen and oxygen atoms in total. The number of unbranched alkanes of at least 4 members (excludes halogenated alkanes) is 3. The van der Waals surface area contributed by atoms with Crippen LogP contribution in [-0.2, 0) is 90.8 Å². The number of aliphatic hydroxyl groups excluding tert-OH is 6. The van der Waals surface area contributed by atoms with Gasteiger partial charge in [-0.1, -0.05) is 46.1 Å². The molecule has 19 N–H and O–H groups in total. The number of hydrogen-bond donors (Lipinski definition) is 17. The molecule has 3 aromatic rings. The molecule has 0 saturated carbocycles. The molecule has 594 valence electrons. The highest BCUT2D eigenvalue weighted by Crippen LogP contribution is 2.37. The number of primary amides is 1. The summed E-state index contributed by atoms with van der Waals surface area (Å²) in [6.45, 7) is 3.12. The number of aliphatic hydroxyl groups is 6. The maximum absolute atomic E-state index is 15.6. The second kappa shape index (κ2) is 38.1. The van der Waals surface area contributed by atoms with Gasteiger partial charge < -0.3 is 122 Å². The number of aromatic nitrogens is 1. The van der Waals surface area contributed by atoms with E-state index in [0.29, 0.717) is 25.7 Å². The molecule has 7 heterocycles. The topological polar surface area (TPSA) is 590 Å². The zero-order chi connectivity index (χ0) is 79.0. The van der Waals surface area contributed by atoms with Gasteiger partial charge in [0.1, 0.15) is 71.3 Å². The largest absolute Gasteiger partial charge is 0.479 e. The predicted molar refractivity (Wildman–Crippen MR) is 374 cm³/mol. The Morgan fingerprint density at radius 3 is 2.33 bits per heavy atom. The highest BCUT2D eigenvalue weighted by Gasteiger charge is 2.52. The molecule has 2 saturated heterocycles. The maximum atomic E-state index is 15.6. The molecule has 6 aliphatic rings. The van der Waals surface area contributed by atoms with Crippen LogP contribution in [0.5, 0.6) is 11.5 Å². The number of aliphatic carboxylic acids is 1. The lowest BCUT2D eigenvalue weighted by Gasteiger charge is -2.42. The van der Waals surface area contributed by atoms with E-state index in [4.69, 9.17) is 35.3 Å². The number of nitrogens with two attached hydrogens (primary N) is 2. The third kappa shape index (κ3) is 20.9. The van der Waals surface area contributed by atoms with E-state index in [1.54, 1.807) is 20.8 Å². The average molecular weight is 1540 g/mol. The SMILES string of the molecule is CC[C@H](C)[C@@H]1NC(=O)CNC(=O)[C@@H]2Cc3c4[nH]c5cc(ccc35)OC1(CCCCCCN(C)C(=O)OCc1ccc(O[C@@H]3O[C@H](C(=O)O)[C@@H](O)[C@H](O)[C@H]3O)c(C(=O)NCCOC(C)CCON)c1)C(=O)NCC(=O)N=C(CS4=O)C(=O)N[C@@H](CC(N)=O)C(=O)N1C[C@H](O)C[C@H]1C(=O)N[C@@H]([C@@H](C)[C@@H](O)CO)C(=O)N2. The number of hydrogen-bond acceptors (Lipinski definition) is 26. The monoisotopic (exact) mass is 1540 g/mol. The summed E-state index contributed by atoms with van der Waals surface area (Å²) in [6.07, 6.45) is -14.5. The number of nitrogens with one attached hydrogen (secondary N) is 8. The first-order chi connectivity index (χ1) is 51.3. The fourth-order valence-corrected chi connectivity index (χ4v) is 14.4. The summed E-state index contributed by atoms with van der Waals surface area (Å²) in [5, 5.41) is 91.1. The molecule has 11 amide bonds. The van der Waals surface area contributed by atoms with Crippen LogP contribution in [0, 0.1) is 11.8 Å². The Kier molecular flexibility index (Phi) is 29.8. The van der Waals surface area contributed by atoms with Crippen molar-refractivity contribution in [3.63, 3.8) is 0 Å². The average Bonchev–Trinajstić information content (AvgIpc) is 1.51. The van der Waals surface area contributed by atoms with Gasteiger partial charge in [0.25, 0.3) is 23.6 Å². The fourth-order valence-electron chi connectivity index (χ4n) is 13.2. The Hall–Kier alpha value is -9.36. The third-order valence-electron chi connectivity index (χ3n) is 19.5. The number of carbonyl (C=O) groups excluding carboxylic acids is 11. The van der Waals surface area contributed by atoms with Crippen LogP contribution in [0.3, 0.4) is 0 Å². The molecule has 8 bridgehead atoms. The quantitative estimate of drug-likeness (QED) is 0.0251. The number of carboxylic acid groups (broad SMARTS) is 1. The molecule has 0 radical (unpaired) electrons. The first kappa shape index (κ1) is 84.3. The lowest BCUT2D eigenvalue weighted by Crippen LogP contribution is -2.67. The molecule has 3 unspecified atom stereocenters. The normalized spacial score (nSPS) is 27.1. The molecule has 2 aromatic carbocycles. The van der Waals surface area contributed by atoms with Crippen LogP contribution in [0.4, 0.5) is 4.79 Å². The van der Waals surface area contributed by atoms with E-state index in [1.807, 2.05) is 0 Å². The Morgan fingerprint density at radius 2 is 1.63 bits per heavy atom. The van der Waals surface area contributed by atoms with Crippen LogP contribution in [0.15, 0.2) is 46.4 Å². The maximum Gasteiger partial charge on any atom is 0.409 e. The van der Waals surface area contributed by atoms with E-state index in [1.165, 1.54) is 55.3 Å². The lowest BCUT2D eigenvalue weighted by atomic mass is 9.79. The molecule has 17 atom stereocenters. The zero-order valence-corrected chi connectivity index (χ0v) is 60.9. The Labute approximate surface area is 621 Å². The van der Waals surface area contributed by atoms with Gasteiger partial charge in [-0.15, -0.1) is 0 Å². The number of carbonyl (C=O) groups is 12. The molecule has 108 heavy (non-hydrogen) atoms. The van der Waals surface area contributed by atoms with Crippen molar-refractivity contribution < 1.29 is 126 Å². The summed E-state index contributed by atoms with van der Waals surface area (Å²) < 4.78 is 44.4. The van der Waals surface area contributed by atoms with E-state index in [0.717, 1.165) is 4.90 Å². The number of H-pyrrole nitrogens is 1. The molecule has 6 aliphatic heterocycles. The fraction of sp³-hybridized carbons (Fsp3) is 0.603. The van der Waals surface area contributed by atoms with Crippen molar-refractivity contribution in [2.45, 2.75) is 188 Å². The Balaban J connectivity index is 1.08. The molecule has 40 heteroatoms. The number of aromatic amines is 1. The van der Waals surface area contributed by atoms with Gasteiger partial charge in [0.2, 0.25) is 47.3 Å². The number of fused-ring (bicyclic) bond motifs is 9. The number of rotatable bonds is 27. The van der Waals surface area contributed by atoms with Gasteiger partial charge in [0, 0.05) is 56.9 Å². The summed E-state index contributed by atoms with van der Waals surface area (Å²) in [5.41, 5.74) is 2.78. The van der Waals surface area contributed by atoms with Crippen molar-refractivity contribution in [1.29, 1.82) is 0 Å². The standard InChI is InChI=1S/C68H95N13O26S/c1-6-32(2)56-68(16-9-7-8-10-18-80(5)67(100)103-30-35-11-14-47(105-65-54(90)52(88)53(89)55(106-65)64(97)98)40(21-35)57(91)71-17-20-102-33(3)15-19-104-70)66(99)73-27-49(86)74-44-31-108(101)62-39(38-13-12-37(107-68)23-41(38)77-62)24-42(58(92)72-26-50(87)78-56)75-61(95)51(34(4)46(84)29-82)79-60(94)45-22-36(83)28-81(45)63(96)43(25-48(69)85)76-59(44)93/h11-14,21,23,32-34,36,42-43,45-46,51-56,65,77,82-84,88-90H,6-10,15-20,22,24-31,70H2,1-5H3,(H2,69,85)(H,71,91)(H,72,92)(H,73,99)(H,75,95)(H,76,93)(H,78,87)(H,79,94)(H,97,98)/t32-,33?,34-,36+,42-,43-,45-,46-,51-,52-,53-,54+,55-,56-,65+,68?,108?/m0/s1. The van der Waals surface area contributed by atoms with E-state index in [9.17, 15) is 88.5 Å². The number of ether oxygens (including phenoxy) is 5. The van der Waals surface area contributed by atoms with Gasteiger partial charge in [0.05, 0.1) is 91.3 Å². The second-order valence-electron chi connectivity index (χ2n) is 27.3. The summed E-state index contributed by atoms with van der Waals surface area (Å²) in [4.78, 5) is 184. The first-order valence-corrected chi connectivity index (χ1v) is 36.6.